The van der Waals surface area contributed by atoms with Crippen LogP contribution in [0.2, 0.25) is 0 Å². The highest BCUT2D eigenvalue weighted by Crippen LogP contribution is 2.20. The first-order valence-corrected chi connectivity index (χ1v) is 12.5. The van der Waals surface area contributed by atoms with Gasteiger partial charge in [0.05, 0.1) is 11.0 Å². The van der Waals surface area contributed by atoms with Gasteiger partial charge in [-0.05, 0) is 49.4 Å². The maximum atomic E-state index is 12.8. The van der Waals surface area contributed by atoms with Gasteiger partial charge >= 0.3 is 0 Å². The van der Waals surface area contributed by atoms with E-state index < -0.39 is 10.0 Å². The van der Waals surface area contributed by atoms with Crippen molar-refractivity contribution in [2.45, 2.75) is 63.0 Å². The molecule has 0 unspecified atom stereocenters. The monoisotopic (exact) mass is 444 g/mol. The van der Waals surface area contributed by atoms with Crippen LogP contribution in [0.4, 0.5) is 0 Å². The molecule has 2 aromatic carbocycles. The first-order chi connectivity index (χ1) is 15.0. The Morgan fingerprint density at radius 2 is 1.81 bits per heavy atom. The Bertz CT molecular complexity index is 955. The molecule has 7 heteroatoms. The summed E-state index contributed by atoms with van der Waals surface area (Å²) in [5, 5.41) is 2.86. The summed E-state index contributed by atoms with van der Waals surface area (Å²) in [7, 11) is -3.74. The molecule has 1 aliphatic carbocycles. The fourth-order valence-corrected chi connectivity index (χ4v) is 5.03. The molecule has 3 rings (SSSR count). The Hall–Kier alpha value is -2.22. The van der Waals surface area contributed by atoms with Crippen molar-refractivity contribution in [2.75, 3.05) is 13.2 Å². The summed E-state index contributed by atoms with van der Waals surface area (Å²) in [4.78, 5) is 12.6. The largest absolute Gasteiger partial charge is 0.378 e. The van der Waals surface area contributed by atoms with Crippen molar-refractivity contribution >= 4 is 15.9 Å². The van der Waals surface area contributed by atoms with Crippen LogP contribution in [0.5, 0.6) is 0 Å². The molecule has 1 saturated carbocycles. The van der Waals surface area contributed by atoms with Crippen LogP contribution >= 0.6 is 0 Å². The molecule has 0 bridgehead atoms. The number of rotatable bonds is 10. The normalized spacial score (nSPS) is 15.0. The number of carbonyl (C=O) groups is 1. The third-order valence-corrected chi connectivity index (χ3v) is 7.10. The average molecular weight is 445 g/mol. The zero-order valence-electron chi connectivity index (χ0n) is 18.1. The van der Waals surface area contributed by atoms with E-state index in [1.54, 1.807) is 19.1 Å². The first kappa shape index (κ1) is 23.4. The van der Waals surface area contributed by atoms with Gasteiger partial charge in [0, 0.05) is 25.3 Å². The summed E-state index contributed by atoms with van der Waals surface area (Å²) in [6.07, 6.45) is 7.12. The van der Waals surface area contributed by atoms with Crippen molar-refractivity contribution in [2.24, 2.45) is 0 Å². The number of hydrogen-bond acceptors (Lipinski definition) is 4. The quantitative estimate of drug-likeness (QED) is 0.544. The third-order valence-electron chi connectivity index (χ3n) is 5.56. The lowest BCUT2D eigenvalue weighted by Crippen LogP contribution is -2.27. The zero-order valence-corrected chi connectivity index (χ0v) is 18.9. The van der Waals surface area contributed by atoms with Crippen LogP contribution in [0.1, 0.15) is 60.0 Å². The maximum Gasteiger partial charge on any atom is 0.251 e. The van der Waals surface area contributed by atoms with Gasteiger partial charge in [-0.3, -0.25) is 4.79 Å². The van der Waals surface area contributed by atoms with Gasteiger partial charge in [-0.15, -0.1) is 0 Å². The van der Waals surface area contributed by atoms with Crippen molar-refractivity contribution in [3.8, 4) is 0 Å². The number of nitrogens with one attached hydrogen (secondary N) is 2. The molecule has 0 atom stereocenters. The Kier molecular flexibility index (Phi) is 8.63. The van der Waals surface area contributed by atoms with E-state index in [1.807, 2.05) is 30.3 Å². The second-order valence-electron chi connectivity index (χ2n) is 8.03. The van der Waals surface area contributed by atoms with E-state index in [0.717, 1.165) is 24.8 Å². The second kappa shape index (κ2) is 11.4. The van der Waals surface area contributed by atoms with E-state index in [-0.39, 0.29) is 17.3 Å². The molecule has 168 valence electrons. The Morgan fingerprint density at radius 3 is 2.55 bits per heavy atom. The number of benzene rings is 2. The van der Waals surface area contributed by atoms with Crippen LogP contribution in [0.25, 0.3) is 0 Å². The summed E-state index contributed by atoms with van der Waals surface area (Å²) in [5.41, 5.74) is 1.80. The number of carbonyl (C=O) groups excluding carboxylic acids is 1. The Morgan fingerprint density at radius 1 is 1.06 bits per heavy atom. The van der Waals surface area contributed by atoms with Gasteiger partial charge in [0.25, 0.3) is 5.91 Å². The van der Waals surface area contributed by atoms with E-state index in [1.165, 1.54) is 25.3 Å². The van der Waals surface area contributed by atoms with Crippen LogP contribution in [0, 0.1) is 6.92 Å². The topological polar surface area (TPSA) is 84.5 Å². The molecule has 0 saturated heterocycles. The van der Waals surface area contributed by atoms with Crippen LogP contribution in [0.3, 0.4) is 0 Å². The molecule has 0 spiro atoms. The van der Waals surface area contributed by atoms with E-state index in [4.69, 9.17) is 4.74 Å². The van der Waals surface area contributed by atoms with E-state index in [2.05, 4.69) is 10.0 Å². The number of sulfonamides is 1. The molecule has 1 amide bonds. The average Bonchev–Trinajstić information content (AvgIpc) is 2.79. The molecule has 2 aromatic rings. The number of aryl methyl sites for hydroxylation is 1. The van der Waals surface area contributed by atoms with E-state index in [9.17, 15) is 13.2 Å². The second-order valence-corrected chi connectivity index (χ2v) is 9.77. The van der Waals surface area contributed by atoms with Crippen LogP contribution in [0.15, 0.2) is 53.4 Å². The van der Waals surface area contributed by atoms with Crippen LogP contribution in [-0.4, -0.2) is 33.6 Å². The van der Waals surface area contributed by atoms with Crippen molar-refractivity contribution in [3.05, 3.63) is 65.2 Å². The molecule has 6 nitrogen and oxygen atoms in total. The van der Waals surface area contributed by atoms with Gasteiger partial charge in [-0.2, -0.15) is 0 Å². The van der Waals surface area contributed by atoms with Crippen LogP contribution < -0.4 is 10.0 Å². The highest BCUT2D eigenvalue weighted by molar-refractivity contribution is 7.89. The molecule has 31 heavy (non-hydrogen) atoms. The predicted molar refractivity (Wildman–Crippen MR) is 121 cm³/mol. The van der Waals surface area contributed by atoms with Gasteiger partial charge in [0.1, 0.15) is 0 Å². The first-order valence-electron chi connectivity index (χ1n) is 11.0. The third kappa shape index (κ3) is 7.16. The van der Waals surface area contributed by atoms with Crippen molar-refractivity contribution in [1.29, 1.82) is 0 Å². The van der Waals surface area contributed by atoms with Gasteiger partial charge in [0.2, 0.25) is 10.0 Å². The zero-order chi connectivity index (χ0) is 22.1. The molecule has 0 heterocycles. The lowest BCUT2D eigenvalue weighted by molar-refractivity contribution is 0.0273. The molecule has 0 aliphatic heterocycles. The minimum Gasteiger partial charge on any atom is -0.378 e. The summed E-state index contributed by atoms with van der Waals surface area (Å²) in [5.74, 6) is -0.280. The van der Waals surface area contributed by atoms with Gasteiger partial charge in [-0.25, -0.2) is 13.1 Å². The standard InChI is InChI=1S/C24H32N2O4S/c1-19-13-14-21(24(27)25-15-8-16-30-22-11-6-3-7-12-22)17-23(19)31(28,29)26-18-20-9-4-2-5-10-20/h2,4-5,9-10,13-14,17,22,26H,3,6-8,11-12,15-16,18H2,1H3,(H,25,27). The highest BCUT2D eigenvalue weighted by atomic mass is 32.2. The van der Waals surface area contributed by atoms with Crippen LogP contribution in [-0.2, 0) is 21.3 Å². The van der Waals surface area contributed by atoms with Crippen molar-refractivity contribution < 1.29 is 17.9 Å². The van der Waals surface area contributed by atoms with Gasteiger partial charge < -0.3 is 10.1 Å². The summed E-state index contributed by atoms with van der Waals surface area (Å²) < 4.78 is 34.1. The molecule has 2 N–H and O–H groups in total. The Labute approximate surface area is 185 Å². The van der Waals surface area contributed by atoms with Gasteiger partial charge in [-0.1, -0.05) is 55.7 Å². The Balaban J connectivity index is 1.52. The maximum absolute atomic E-state index is 12.8. The minimum absolute atomic E-state index is 0.122. The summed E-state index contributed by atoms with van der Waals surface area (Å²) >= 11 is 0. The van der Waals surface area contributed by atoms with Gasteiger partial charge in [0.15, 0.2) is 0 Å². The molecular formula is C24H32N2O4S. The van der Waals surface area contributed by atoms with E-state index >= 15 is 0 Å². The molecule has 1 aliphatic rings. The lowest BCUT2D eigenvalue weighted by atomic mass is 9.98. The minimum atomic E-state index is -3.74. The molecule has 1 fully saturated rings. The highest BCUT2D eigenvalue weighted by Gasteiger charge is 2.19. The smallest absolute Gasteiger partial charge is 0.251 e. The lowest BCUT2D eigenvalue weighted by Gasteiger charge is -2.21. The molecular weight excluding hydrogens is 412 g/mol. The molecule has 0 radical (unpaired) electrons. The molecule has 0 aromatic heterocycles. The summed E-state index contributed by atoms with van der Waals surface area (Å²) in [6, 6.07) is 14.1. The van der Waals surface area contributed by atoms with E-state index in [0.29, 0.717) is 30.4 Å². The fraction of sp³-hybridized carbons (Fsp3) is 0.458. The number of amides is 1. The number of ether oxygens (including phenoxy) is 1. The van der Waals surface area contributed by atoms with Crippen molar-refractivity contribution in [1.82, 2.24) is 10.0 Å². The SMILES string of the molecule is Cc1ccc(C(=O)NCCCOC2CCCCC2)cc1S(=O)(=O)NCc1ccccc1. The number of hydrogen-bond donors (Lipinski definition) is 2. The summed E-state index contributed by atoms with van der Waals surface area (Å²) in [6.45, 7) is 3.04. The predicted octanol–water partition coefficient (Wildman–Crippen LogP) is 3.94. The van der Waals surface area contributed by atoms with Crippen molar-refractivity contribution in [3.63, 3.8) is 0 Å². The fourth-order valence-electron chi connectivity index (χ4n) is 3.74.